The van der Waals surface area contributed by atoms with E-state index < -0.39 is 8.24 Å². The Hall–Kier alpha value is -2.74. The summed E-state index contributed by atoms with van der Waals surface area (Å²) in [6.45, 7) is 16.2. The number of aromatic nitrogens is 5. The van der Waals surface area contributed by atoms with Crippen molar-refractivity contribution in [3.8, 4) is 34.3 Å². The lowest BCUT2D eigenvalue weighted by atomic mass is 10.1. The molecule has 0 atom stereocenters. The topological polar surface area (TPSA) is 75.0 Å². The molecule has 3 aromatic rings. The quantitative estimate of drug-likeness (QED) is 0.404. The Morgan fingerprint density at radius 3 is 2.12 bits per heavy atom. The van der Waals surface area contributed by atoms with E-state index in [1.165, 1.54) is 7.11 Å². The first-order valence-corrected chi connectivity index (χ1v) is 13.3. The molecule has 0 amide bonds. The van der Waals surface area contributed by atoms with Gasteiger partial charge in [0.15, 0.2) is 8.24 Å². The zero-order valence-electron chi connectivity index (χ0n) is 20.7. The van der Waals surface area contributed by atoms with Crippen molar-refractivity contribution in [2.45, 2.75) is 65.1 Å². The summed E-state index contributed by atoms with van der Waals surface area (Å²) in [5, 5.41) is 8.83. The molecule has 3 heterocycles. The van der Waals surface area contributed by atoms with Crippen LogP contribution in [-0.4, -0.2) is 46.9 Å². The van der Waals surface area contributed by atoms with Crippen molar-refractivity contribution in [3.63, 3.8) is 0 Å². The SMILES string of the molecule is COc1ncc(-c2cc(-c3ccn([Si](C(C)C)(C(C)C)C(C)C)c3)c(C)nn2)c(OC)n1. The molecule has 0 N–H and O–H groups in total. The average Bonchev–Trinajstić information content (AvgIpc) is 3.23. The summed E-state index contributed by atoms with van der Waals surface area (Å²) < 4.78 is 13.1. The smallest absolute Gasteiger partial charge is 0.319 e. The first kappa shape index (κ1) is 23.9. The highest BCUT2D eigenvalue weighted by molar-refractivity contribution is 6.82. The molecule has 0 aliphatic heterocycles. The maximum absolute atomic E-state index is 5.45. The van der Waals surface area contributed by atoms with E-state index in [4.69, 9.17) is 9.47 Å². The minimum Gasteiger partial charge on any atom is -0.480 e. The van der Waals surface area contributed by atoms with Crippen LogP contribution in [0.5, 0.6) is 11.9 Å². The average molecular weight is 454 g/mol. The molecule has 8 heteroatoms. The van der Waals surface area contributed by atoms with E-state index in [1.807, 2.05) is 13.0 Å². The van der Waals surface area contributed by atoms with Crippen LogP contribution in [0.2, 0.25) is 16.6 Å². The van der Waals surface area contributed by atoms with E-state index in [1.54, 1.807) is 13.3 Å². The highest BCUT2D eigenvalue weighted by Gasteiger charge is 2.45. The molecule has 172 valence electrons. The van der Waals surface area contributed by atoms with E-state index in [9.17, 15) is 0 Å². The predicted molar refractivity (Wildman–Crippen MR) is 131 cm³/mol. The van der Waals surface area contributed by atoms with Crippen LogP contribution in [0.4, 0.5) is 0 Å². The lowest BCUT2D eigenvalue weighted by molar-refractivity contribution is 0.353. The Kier molecular flexibility index (Phi) is 7.02. The number of hydrogen-bond donors (Lipinski definition) is 0. The molecule has 3 aromatic heterocycles. The van der Waals surface area contributed by atoms with Crippen LogP contribution in [0.3, 0.4) is 0 Å². The number of rotatable bonds is 8. The Bertz CT molecular complexity index is 1060. The molecule has 0 unspecified atom stereocenters. The summed E-state index contributed by atoms with van der Waals surface area (Å²) in [5.41, 5.74) is 6.28. The first-order chi connectivity index (χ1) is 15.2. The van der Waals surface area contributed by atoms with Gasteiger partial charge in [-0.05, 0) is 41.9 Å². The van der Waals surface area contributed by atoms with Crippen LogP contribution in [0.25, 0.3) is 22.4 Å². The number of aryl methyl sites for hydroxylation is 1. The van der Waals surface area contributed by atoms with Gasteiger partial charge in [-0.25, -0.2) is 4.98 Å². The molecular formula is C24H35N5O2Si. The molecule has 32 heavy (non-hydrogen) atoms. The third-order valence-electron chi connectivity index (χ3n) is 6.59. The van der Waals surface area contributed by atoms with Crippen LogP contribution in [0, 0.1) is 6.92 Å². The van der Waals surface area contributed by atoms with E-state index in [0.29, 0.717) is 33.8 Å². The van der Waals surface area contributed by atoms with Crippen LogP contribution < -0.4 is 9.47 Å². The minimum absolute atomic E-state index is 0.250. The monoisotopic (exact) mass is 453 g/mol. The third-order valence-corrected chi connectivity index (χ3v) is 13.3. The van der Waals surface area contributed by atoms with Crippen LogP contribution in [-0.2, 0) is 0 Å². The summed E-state index contributed by atoms with van der Waals surface area (Å²) in [5.74, 6) is 0.407. The second kappa shape index (κ2) is 9.40. The minimum atomic E-state index is -1.81. The molecule has 0 bridgehead atoms. The van der Waals surface area contributed by atoms with Crippen molar-refractivity contribution in [2.24, 2.45) is 0 Å². The highest BCUT2D eigenvalue weighted by Crippen LogP contribution is 2.43. The van der Waals surface area contributed by atoms with Gasteiger partial charge in [-0.1, -0.05) is 41.5 Å². The van der Waals surface area contributed by atoms with E-state index in [-0.39, 0.29) is 6.01 Å². The molecular weight excluding hydrogens is 418 g/mol. The van der Waals surface area contributed by atoms with Gasteiger partial charge in [0.25, 0.3) is 0 Å². The van der Waals surface area contributed by atoms with E-state index in [0.717, 1.165) is 16.8 Å². The Balaban J connectivity index is 2.11. The third kappa shape index (κ3) is 4.03. The number of ether oxygens (including phenoxy) is 2. The molecule has 0 saturated heterocycles. The van der Waals surface area contributed by atoms with Crippen LogP contribution in [0.1, 0.15) is 47.2 Å². The lowest BCUT2D eigenvalue weighted by Gasteiger charge is -2.44. The molecule has 3 rings (SSSR count). The molecule has 0 aliphatic rings. The maximum atomic E-state index is 5.45. The fraction of sp³-hybridized carbons (Fsp3) is 0.500. The van der Waals surface area contributed by atoms with E-state index in [2.05, 4.69) is 84.4 Å². The van der Waals surface area contributed by atoms with Crippen molar-refractivity contribution in [3.05, 3.63) is 36.4 Å². The van der Waals surface area contributed by atoms with Gasteiger partial charge in [0, 0.05) is 23.5 Å². The molecule has 0 spiro atoms. The first-order valence-electron chi connectivity index (χ1n) is 11.1. The Morgan fingerprint density at radius 1 is 0.906 bits per heavy atom. The summed E-state index contributed by atoms with van der Waals surface area (Å²) in [4.78, 5) is 8.51. The normalized spacial score (nSPS) is 12.1. The van der Waals surface area contributed by atoms with Gasteiger partial charge < -0.3 is 13.7 Å². The molecule has 0 aromatic carbocycles. The molecule has 0 aliphatic carbocycles. The van der Waals surface area contributed by atoms with Gasteiger partial charge in [0.05, 0.1) is 25.5 Å². The standard InChI is InChI=1S/C24H35N5O2Si/c1-15(2)32(16(3)4,17(5)6)29-11-10-19(14-29)20-12-22(28-27-18(20)7)21-13-25-24(31-9)26-23(21)30-8/h10-17H,1-9H3. The Morgan fingerprint density at radius 2 is 1.56 bits per heavy atom. The fourth-order valence-corrected chi connectivity index (χ4v) is 11.8. The van der Waals surface area contributed by atoms with Crippen molar-refractivity contribution >= 4 is 8.24 Å². The van der Waals surface area contributed by atoms with Gasteiger partial charge in [-0.3, -0.25) is 0 Å². The molecule has 0 radical (unpaired) electrons. The number of hydrogen-bond acceptors (Lipinski definition) is 6. The lowest BCUT2D eigenvalue weighted by Crippen LogP contribution is -2.51. The van der Waals surface area contributed by atoms with Crippen molar-refractivity contribution < 1.29 is 9.47 Å². The largest absolute Gasteiger partial charge is 0.480 e. The summed E-state index contributed by atoms with van der Waals surface area (Å²) >= 11 is 0. The van der Waals surface area contributed by atoms with Crippen LogP contribution in [0.15, 0.2) is 30.7 Å². The van der Waals surface area contributed by atoms with Gasteiger partial charge in [-0.15, -0.1) is 5.10 Å². The summed E-state index contributed by atoms with van der Waals surface area (Å²) in [6, 6.07) is 4.49. The van der Waals surface area contributed by atoms with Gasteiger partial charge in [0.2, 0.25) is 5.88 Å². The molecule has 7 nitrogen and oxygen atoms in total. The summed E-state index contributed by atoms with van der Waals surface area (Å²) in [7, 11) is 1.29. The second-order valence-electron chi connectivity index (χ2n) is 9.17. The number of methoxy groups -OCH3 is 2. The molecule has 0 saturated carbocycles. The van der Waals surface area contributed by atoms with E-state index >= 15 is 0 Å². The fourth-order valence-electron chi connectivity index (χ4n) is 5.35. The zero-order chi connectivity index (χ0) is 23.6. The maximum Gasteiger partial charge on any atom is 0.319 e. The van der Waals surface area contributed by atoms with Crippen LogP contribution >= 0.6 is 0 Å². The highest BCUT2D eigenvalue weighted by atomic mass is 28.3. The van der Waals surface area contributed by atoms with Crippen molar-refractivity contribution in [1.82, 2.24) is 24.4 Å². The van der Waals surface area contributed by atoms with Crippen molar-refractivity contribution in [2.75, 3.05) is 14.2 Å². The number of nitrogens with zero attached hydrogens (tertiary/aromatic N) is 5. The van der Waals surface area contributed by atoms with Gasteiger partial charge in [0.1, 0.15) is 5.69 Å². The van der Waals surface area contributed by atoms with Gasteiger partial charge in [-0.2, -0.15) is 10.1 Å². The van der Waals surface area contributed by atoms with Gasteiger partial charge >= 0.3 is 6.01 Å². The predicted octanol–water partition coefficient (Wildman–Crippen LogP) is 5.75. The zero-order valence-corrected chi connectivity index (χ0v) is 21.7. The summed E-state index contributed by atoms with van der Waals surface area (Å²) in [6.07, 6.45) is 6.23. The van der Waals surface area contributed by atoms with Crippen molar-refractivity contribution in [1.29, 1.82) is 0 Å². The second-order valence-corrected chi connectivity index (χ2v) is 14.9. The molecule has 0 fully saturated rings. The Labute approximate surface area is 192 Å².